The minimum atomic E-state index is -3.52. The Kier molecular flexibility index (Phi) is 4.82. The average Bonchev–Trinajstić information content (AvgIpc) is 2.65. The van der Waals surface area contributed by atoms with E-state index in [9.17, 15) is 16.8 Å². The Hall–Kier alpha value is -1.00. The Bertz CT molecular complexity index is 590. The first-order chi connectivity index (χ1) is 8.24. The Morgan fingerprint density at radius 3 is 2.39 bits per heavy atom. The van der Waals surface area contributed by atoms with Gasteiger partial charge in [0.05, 0.1) is 5.75 Å². The van der Waals surface area contributed by atoms with E-state index < -0.39 is 25.1 Å². The SMILES string of the molecule is CCCS(=O)(=O)NCCc1nnc(S(C)(=O)=O)o1. The summed E-state index contributed by atoms with van der Waals surface area (Å²) in [4.78, 5) is 0. The van der Waals surface area contributed by atoms with Gasteiger partial charge in [0.1, 0.15) is 0 Å². The monoisotopic (exact) mass is 297 g/mol. The molecule has 0 radical (unpaired) electrons. The maximum Gasteiger partial charge on any atom is 0.335 e. The van der Waals surface area contributed by atoms with Crippen molar-refractivity contribution in [2.75, 3.05) is 18.6 Å². The van der Waals surface area contributed by atoms with E-state index in [1.165, 1.54) is 0 Å². The normalized spacial score (nSPS) is 12.8. The van der Waals surface area contributed by atoms with Crippen molar-refractivity contribution in [3.8, 4) is 0 Å². The maximum atomic E-state index is 11.3. The van der Waals surface area contributed by atoms with Crippen LogP contribution in [0.5, 0.6) is 0 Å². The number of sulfone groups is 1. The summed E-state index contributed by atoms with van der Waals surface area (Å²) in [5.74, 6) is 0.125. The zero-order valence-electron chi connectivity index (χ0n) is 10.1. The molecule has 0 bridgehead atoms. The summed E-state index contributed by atoms with van der Waals surface area (Å²) in [5, 5.41) is 6.41. The highest BCUT2D eigenvalue weighted by atomic mass is 32.2. The Morgan fingerprint density at radius 2 is 1.89 bits per heavy atom. The number of hydrogen-bond donors (Lipinski definition) is 1. The summed E-state index contributed by atoms with van der Waals surface area (Å²) in [7, 11) is -6.80. The molecular weight excluding hydrogens is 282 g/mol. The third kappa shape index (κ3) is 4.70. The third-order valence-electron chi connectivity index (χ3n) is 1.90. The molecule has 1 aromatic heterocycles. The Morgan fingerprint density at radius 1 is 1.22 bits per heavy atom. The van der Waals surface area contributed by atoms with Crippen LogP contribution in [-0.2, 0) is 26.3 Å². The first-order valence-corrected chi connectivity index (χ1v) is 8.79. The van der Waals surface area contributed by atoms with E-state index in [1.54, 1.807) is 6.92 Å². The predicted molar refractivity (Wildman–Crippen MR) is 63.2 cm³/mol. The van der Waals surface area contributed by atoms with E-state index in [4.69, 9.17) is 4.42 Å². The molecule has 0 aliphatic heterocycles. The fourth-order valence-corrected chi connectivity index (χ4v) is 2.68. The van der Waals surface area contributed by atoms with Crippen molar-refractivity contribution in [2.24, 2.45) is 0 Å². The van der Waals surface area contributed by atoms with Crippen LogP contribution in [0.15, 0.2) is 9.64 Å². The zero-order chi connectivity index (χ0) is 13.8. The lowest BCUT2D eigenvalue weighted by Gasteiger charge is -2.02. The Balaban J connectivity index is 2.53. The highest BCUT2D eigenvalue weighted by Gasteiger charge is 2.16. The molecule has 8 nitrogen and oxygen atoms in total. The molecule has 104 valence electrons. The summed E-state index contributed by atoms with van der Waals surface area (Å²) in [6, 6.07) is 0. The van der Waals surface area contributed by atoms with Crippen LogP contribution < -0.4 is 4.72 Å². The van der Waals surface area contributed by atoms with E-state index >= 15 is 0 Å². The number of aromatic nitrogens is 2. The van der Waals surface area contributed by atoms with Gasteiger partial charge in [-0.25, -0.2) is 21.6 Å². The molecule has 0 aromatic carbocycles. The minimum Gasteiger partial charge on any atom is -0.412 e. The predicted octanol–water partition coefficient (Wildman–Crippen LogP) is -0.655. The fraction of sp³-hybridized carbons (Fsp3) is 0.750. The highest BCUT2D eigenvalue weighted by Crippen LogP contribution is 2.06. The first kappa shape index (κ1) is 15.1. The summed E-state index contributed by atoms with van der Waals surface area (Å²) in [6.07, 6.45) is 1.62. The number of hydrogen-bond acceptors (Lipinski definition) is 7. The van der Waals surface area contributed by atoms with Gasteiger partial charge in [0.2, 0.25) is 25.8 Å². The van der Waals surface area contributed by atoms with Gasteiger partial charge in [-0.05, 0) is 6.42 Å². The molecule has 0 saturated heterocycles. The highest BCUT2D eigenvalue weighted by molar-refractivity contribution is 7.90. The fourth-order valence-electron chi connectivity index (χ4n) is 1.14. The molecule has 1 rings (SSSR count). The number of nitrogens with one attached hydrogen (secondary N) is 1. The lowest BCUT2D eigenvalue weighted by molar-refractivity contribution is 0.397. The summed E-state index contributed by atoms with van der Waals surface area (Å²) < 4.78 is 52.0. The second kappa shape index (κ2) is 5.76. The van der Waals surface area contributed by atoms with Crippen LogP contribution in [0.1, 0.15) is 19.2 Å². The third-order valence-corrected chi connectivity index (χ3v) is 4.29. The van der Waals surface area contributed by atoms with Crippen LogP contribution >= 0.6 is 0 Å². The van der Waals surface area contributed by atoms with Crippen molar-refractivity contribution in [3.63, 3.8) is 0 Å². The van der Waals surface area contributed by atoms with E-state index in [-0.39, 0.29) is 24.6 Å². The molecule has 0 aliphatic carbocycles. The smallest absolute Gasteiger partial charge is 0.335 e. The van der Waals surface area contributed by atoms with Gasteiger partial charge >= 0.3 is 5.22 Å². The Labute approximate surface area is 106 Å². The van der Waals surface area contributed by atoms with Crippen LogP contribution in [-0.4, -0.2) is 45.6 Å². The lowest BCUT2D eigenvalue weighted by Crippen LogP contribution is -2.28. The van der Waals surface area contributed by atoms with E-state index in [1.807, 2.05) is 0 Å². The molecule has 0 amide bonds. The van der Waals surface area contributed by atoms with Gasteiger partial charge in [-0.15, -0.1) is 5.10 Å². The van der Waals surface area contributed by atoms with Gasteiger partial charge in [0.15, 0.2) is 0 Å². The molecule has 0 saturated carbocycles. The molecule has 1 heterocycles. The van der Waals surface area contributed by atoms with Crippen molar-refractivity contribution in [3.05, 3.63) is 5.89 Å². The van der Waals surface area contributed by atoms with Crippen molar-refractivity contribution >= 4 is 19.9 Å². The van der Waals surface area contributed by atoms with Gasteiger partial charge in [-0.1, -0.05) is 12.0 Å². The quantitative estimate of drug-likeness (QED) is 0.709. The zero-order valence-corrected chi connectivity index (χ0v) is 11.7. The molecule has 0 atom stereocenters. The first-order valence-electron chi connectivity index (χ1n) is 5.24. The standard InChI is InChI=1S/C8H15N3O5S2/c1-3-6-18(14,15)9-5-4-7-10-11-8(16-7)17(2,12)13/h9H,3-6H2,1-2H3. The van der Waals surface area contributed by atoms with Crippen LogP contribution in [0.2, 0.25) is 0 Å². The van der Waals surface area contributed by atoms with Crippen LogP contribution in [0, 0.1) is 0 Å². The number of rotatable bonds is 7. The largest absolute Gasteiger partial charge is 0.412 e. The molecule has 1 N–H and O–H groups in total. The van der Waals surface area contributed by atoms with Gasteiger partial charge < -0.3 is 4.42 Å². The molecule has 10 heteroatoms. The van der Waals surface area contributed by atoms with Crippen molar-refractivity contribution in [2.45, 2.75) is 25.0 Å². The second-order valence-corrected chi connectivity index (χ2v) is 7.52. The van der Waals surface area contributed by atoms with Gasteiger partial charge in [0.25, 0.3) is 0 Å². The van der Waals surface area contributed by atoms with E-state index in [0.717, 1.165) is 6.26 Å². The summed E-state index contributed by atoms with van der Waals surface area (Å²) in [6.45, 7) is 1.85. The molecule has 18 heavy (non-hydrogen) atoms. The van der Waals surface area contributed by atoms with Gasteiger partial charge in [0, 0.05) is 19.2 Å². The van der Waals surface area contributed by atoms with E-state index in [0.29, 0.717) is 6.42 Å². The molecule has 0 unspecified atom stereocenters. The molecular formula is C8H15N3O5S2. The minimum absolute atomic E-state index is 0.0470. The van der Waals surface area contributed by atoms with Crippen LogP contribution in [0.4, 0.5) is 0 Å². The second-order valence-electron chi connectivity index (χ2n) is 3.70. The molecule has 1 aromatic rings. The summed E-state index contributed by atoms with van der Waals surface area (Å²) >= 11 is 0. The van der Waals surface area contributed by atoms with Crippen molar-refractivity contribution < 1.29 is 21.3 Å². The number of nitrogens with zero attached hydrogens (tertiary/aromatic N) is 2. The summed E-state index contributed by atoms with van der Waals surface area (Å²) in [5.41, 5.74) is 0. The van der Waals surface area contributed by atoms with Crippen molar-refractivity contribution in [1.82, 2.24) is 14.9 Å². The van der Waals surface area contributed by atoms with Gasteiger partial charge in [-0.2, -0.15) is 0 Å². The molecule has 0 aliphatic rings. The van der Waals surface area contributed by atoms with Crippen molar-refractivity contribution in [1.29, 1.82) is 0 Å². The van der Waals surface area contributed by atoms with Crippen LogP contribution in [0.25, 0.3) is 0 Å². The molecule has 0 spiro atoms. The maximum absolute atomic E-state index is 11.3. The van der Waals surface area contributed by atoms with Crippen LogP contribution in [0.3, 0.4) is 0 Å². The van der Waals surface area contributed by atoms with Gasteiger partial charge in [-0.3, -0.25) is 0 Å². The topological polar surface area (TPSA) is 119 Å². The number of sulfonamides is 1. The average molecular weight is 297 g/mol. The van der Waals surface area contributed by atoms with E-state index in [2.05, 4.69) is 14.9 Å². The lowest BCUT2D eigenvalue weighted by atomic mass is 10.4. The molecule has 0 fully saturated rings.